The van der Waals surface area contributed by atoms with Crippen LogP contribution in [0.25, 0.3) is 0 Å². The maximum Gasteiger partial charge on any atom is 0.237 e. The molecule has 0 radical (unpaired) electrons. The second kappa shape index (κ2) is 16.1. The topological polar surface area (TPSA) is 141 Å². The zero-order chi connectivity index (χ0) is 29.5. The lowest BCUT2D eigenvalue weighted by atomic mass is 9.73. The van der Waals surface area contributed by atoms with E-state index >= 15 is 0 Å². The minimum atomic E-state index is -0.639. The van der Waals surface area contributed by atoms with E-state index in [2.05, 4.69) is 36.4 Å². The molecule has 4 saturated heterocycles. The number of likely N-dealkylation sites (tertiary alicyclic amines) is 1. The maximum absolute atomic E-state index is 13.2. The van der Waals surface area contributed by atoms with E-state index < -0.39 is 12.1 Å². The summed E-state index contributed by atoms with van der Waals surface area (Å²) >= 11 is 6.93. The van der Waals surface area contributed by atoms with Crippen molar-refractivity contribution >= 4 is 17.5 Å². The number of fused-ring (bicyclic) bond motifs is 1. The van der Waals surface area contributed by atoms with Crippen LogP contribution in [0.2, 0.25) is 0 Å². The van der Waals surface area contributed by atoms with Gasteiger partial charge in [-0.25, -0.2) is 0 Å². The van der Waals surface area contributed by atoms with Crippen LogP contribution in [0, 0.1) is 11.8 Å². The Morgan fingerprint density at radius 2 is 2.12 bits per heavy atom. The highest BCUT2D eigenvalue weighted by Gasteiger charge is 2.42. The number of amides is 1. The minimum absolute atomic E-state index is 0.00876. The van der Waals surface area contributed by atoms with Crippen molar-refractivity contribution < 1.29 is 28.8 Å². The first kappa shape index (κ1) is 32.7. The van der Waals surface area contributed by atoms with Gasteiger partial charge in [-0.1, -0.05) is 0 Å². The molecule has 9 atom stereocenters. The molecule has 0 aromatic heterocycles. The van der Waals surface area contributed by atoms with Crippen molar-refractivity contribution in [3.8, 4) is 0 Å². The Hall–Kier alpha value is -0.680. The van der Waals surface area contributed by atoms with Crippen molar-refractivity contribution in [1.29, 1.82) is 0 Å². The largest absolute Gasteiger partial charge is 0.390 e. The minimum Gasteiger partial charge on any atom is -0.390 e. The first-order valence-corrected chi connectivity index (χ1v) is 16.1. The summed E-state index contributed by atoms with van der Waals surface area (Å²) in [7, 11) is 3.68. The highest BCUT2D eigenvalue weighted by molar-refractivity contribution is 6.21. The molecule has 4 heterocycles. The number of alkyl halides is 1. The summed E-state index contributed by atoms with van der Waals surface area (Å²) in [5.74, 6) is 0.831. The van der Waals surface area contributed by atoms with Gasteiger partial charge in [-0.3, -0.25) is 31.0 Å². The molecule has 5 aliphatic rings. The van der Waals surface area contributed by atoms with E-state index in [9.17, 15) is 9.90 Å². The van der Waals surface area contributed by atoms with Gasteiger partial charge in [0.25, 0.3) is 0 Å². The summed E-state index contributed by atoms with van der Waals surface area (Å²) in [5.41, 5.74) is 0. The number of nitrogens with one attached hydrogen (secondary N) is 5. The van der Waals surface area contributed by atoms with Crippen molar-refractivity contribution in [1.82, 2.24) is 36.4 Å². The maximum atomic E-state index is 13.2. The number of hydrogen-bond donors (Lipinski definition) is 6. The molecule has 1 saturated carbocycles. The molecule has 5 rings (SSSR count). The molecule has 42 heavy (non-hydrogen) atoms. The molecule has 6 N–H and O–H groups in total. The average Bonchev–Trinajstić information content (AvgIpc) is 3.50. The number of aliphatic hydroxyl groups excluding tert-OH is 1. The molecule has 0 aromatic carbocycles. The van der Waals surface area contributed by atoms with Crippen LogP contribution in [0.3, 0.4) is 0 Å². The fraction of sp³-hybridized carbons (Fsp3) is 0.964. The molecule has 0 aromatic rings. The van der Waals surface area contributed by atoms with Gasteiger partial charge in [0.05, 0.1) is 75.1 Å². The van der Waals surface area contributed by atoms with E-state index in [0.29, 0.717) is 64.0 Å². The molecule has 5 fully saturated rings. The number of carbonyl (C=O) groups excluding carboxylic acids is 1. The summed E-state index contributed by atoms with van der Waals surface area (Å²) in [6.07, 6.45) is 2.96. The molecule has 1 aliphatic carbocycles. The standard InChI is InChI=1S/C28H52ClN7O6/c1-35(7-8-39-2)28-33-23(9-25(34-28)32-19-14-40-15-19)27(38)31-10-20(37)13-36-6-5-22-18(12-36)3-4-24(26(22)29)41-16-21-11-30-17-42-21/h18-26,28,30,32-34,37H,3-17H2,1-2H3,(H,31,38)/t18?,20-,21?,22?,23?,24?,25?,26?,28?/m0/s1. The Balaban J connectivity index is 1.04. The number of nitrogens with zero attached hydrogens (tertiary/aromatic N) is 2. The molecule has 1 amide bonds. The molecule has 242 valence electrons. The predicted octanol–water partition coefficient (Wildman–Crippen LogP) is -1.74. The Kier molecular flexibility index (Phi) is 12.5. The summed E-state index contributed by atoms with van der Waals surface area (Å²) in [6.45, 7) is 7.27. The van der Waals surface area contributed by atoms with Crippen molar-refractivity contribution in [2.24, 2.45) is 11.8 Å². The highest BCUT2D eigenvalue weighted by Crippen LogP contribution is 2.40. The van der Waals surface area contributed by atoms with Crippen molar-refractivity contribution in [3.63, 3.8) is 0 Å². The van der Waals surface area contributed by atoms with Crippen LogP contribution in [0.1, 0.15) is 25.7 Å². The van der Waals surface area contributed by atoms with Crippen LogP contribution in [0.4, 0.5) is 0 Å². The zero-order valence-corrected chi connectivity index (χ0v) is 25.9. The van der Waals surface area contributed by atoms with Crippen LogP contribution in [-0.2, 0) is 23.7 Å². The van der Waals surface area contributed by atoms with E-state index in [1.807, 2.05) is 7.05 Å². The third kappa shape index (κ3) is 8.95. The molecule has 8 unspecified atom stereocenters. The number of hydrogen-bond acceptors (Lipinski definition) is 12. The quantitative estimate of drug-likeness (QED) is 0.123. The number of carbonyl (C=O) groups is 1. The Morgan fingerprint density at radius 3 is 2.86 bits per heavy atom. The Morgan fingerprint density at radius 1 is 1.26 bits per heavy atom. The van der Waals surface area contributed by atoms with Gasteiger partial charge >= 0.3 is 0 Å². The van der Waals surface area contributed by atoms with E-state index in [0.717, 1.165) is 45.4 Å². The number of ether oxygens (including phenoxy) is 4. The SMILES string of the molecule is COCCN(C)C1NC(NC2COC2)CC(C(=O)NC[C@H](O)CN2CCC3C(CCC(OCC4CNCO4)C3Cl)C2)N1. The second-order valence-corrected chi connectivity index (χ2v) is 13.1. The number of aliphatic hydroxyl groups is 1. The van der Waals surface area contributed by atoms with E-state index in [-0.39, 0.29) is 42.5 Å². The van der Waals surface area contributed by atoms with Crippen molar-refractivity contribution in [2.75, 3.05) is 86.6 Å². The number of halogens is 1. The van der Waals surface area contributed by atoms with Crippen LogP contribution >= 0.6 is 11.6 Å². The number of β-amino-alcohol motifs (C(OH)–C–C–N with tert-alkyl or cyclic N) is 1. The van der Waals surface area contributed by atoms with Crippen molar-refractivity contribution in [3.05, 3.63) is 0 Å². The lowest BCUT2D eigenvalue weighted by molar-refractivity contribution is -0.126. The highest BCUT2D eigenvalue weighted by atomic mass is 35.5. The molecule has 0 bridgehead atoms. The van der Waals surface area contributed by atoms with Gasteiger partial charge < -0.3 is 34.3 Å². The first-order chi connectivity index (χ1) is 20.4. The Labute approximate surface area is 255 Å². The lowest BCUT2D eigenvalue weighted by Crippen LogP contribution is -2.71. The number of methoxy groups -OCH3 is 1. The summed E-state index contributed by atoms with van der Waals surface area (Å²) < 4.78 is 22.3. The van der Waals surface area contributed by atoms with E-state index in [1.165, 1.54) is 0 Å². The monoisotopic (exact) mass is 617 g/mol. The summed E-state index contributed by atoms with van der Waals surface area (Å²) in [6, 6.07) is -0.0989. The van der Waals surface area contributed by atoms with Gasteiger partial charge in [-0.15, -0.1) is 11.6 Å². The number of piperidine rings is 1. The third-order valence-electron chi connectivity index (χ3n) is 9.40. The molecular weight excluding hydrogens is 566 g/mol. The third-order valence-corrected chi connectivity index (χ3v) is 10.0. The first-order valence-electron chi connectivity index (χ1n) is 15.7. The van der Waals surface area contributed by atoms with Gasteiger partial charge in [-0.2, -0.15) is 0 Å². The van der Waals surface area contributed by atoms with Gasteiger partial charge in [0.15, 0.2) is 0 Å². The summed E-state index contributed by atoms with van der Waals surface area (Å²) in [5, 5.41) is 27.6. The van der Waals surface area contributed by atoms with Gasteiger partial charge in [0, 0.05) is 46.3 Å². The van der Waals surface area contributed by atoms with E-state index in [1.54, 1.807) is 7.11 Å². The van der Waals surface area contributed by atoms with Gasteiger partial charge in [0.2, 0.25) is 5.91 Å². The molecule has 13 nitrogen and oxygen atoms in total. The predicted molar refractivity (Wildman–Crippen MR) is 158 cm³/mol. The average molecular weight is 618 g/mol. The van der Waals surface area contributed by atoms with Crippen LogP contribution < -0.4 is 26.6 Å². The number of likely N-dealkylation sites (N-methyl/N-ethyl adjacent to an activating group) is 1. The smallest absolute Gasteiger partial charge is 0.237 e. The fourth-order valence-corrected chi connectivity index (χ4v) is 7.37. The van der Waals surface area contributed by atoms with Crippen LogP contribution in [-0.4, -0.2) is 156 Å². The normalized spacial score (nSPS) is 36.9. The number of rotatable bonds is 14. The lowest BCUT2D eigenvalue weighted by Gasteiger charge is -2.46. The fourth-order valence-electron chi connectivity index (χ4n) is 6.84. The van der Waals surface area contributed by atoms with E-state index in [4.69, 9.17) is 30.5 Å². The van der Waals surface area contributed by atoms with Gasteiger partial charge in [0.1, 0.15) is 6.29 Å². The van der Waals surface area contributed by atoms with Crippen LogP contribution in [0.5, 0.6) is 0 Å². The zero-order valence-electron chi connectivity index (χ0n) is 25.1. The second-order valence-electron chi connectivity index (χ2n) is 12.6. The molecular formula is C28H52ClN7O6. The van der Waals surface area contributed by atoms with Crippen LogP contribution in [0.15, 0.2) is 0 Å². The molecule has 4 aliphatic heterocycles. The summed E-state index contributed by atoms with van der Waals surface area (Å²) in [4.78, 5) is 17.6. The molecule has 14 heteroatoms. The Bertz CT molecular complexity index is 841. The van der Waals surface area contributed by atoms with Crippen molar-refractivity contribution in [2.45, 2.75) is 73.9 Å². The van der Waals surface area contributed by atoms with Gasteiger partial charge in [-0.05, 0) is 44.7 Å². The molecule has 0 spiro atoms.